The van der Waals surface area contributed by atoms with Crippen LogP contribution < -0.4 is 9.47 Å². The number of ether oxygens (including phenoxy) is 2. The summed E-state index contributed by atoms with van der Waals surface area (Å²) in [4.78, 5) is 6.89. The highest BCUT2D eigenvalue weighted by atomic mass is 35.5. The van der Waals surface area contributed by atoms with Crippen molar-refractivity contribution < 1.29 is 9.47 Å². The van der Waals surface area contributed by atoms with Gasteiger partial charge in [-0.05, 0) is 46.2 Å². The lowest BCUT2D eigenvalue weighted by atomic mass is 10.1. The van der Waals surface area contributed by atoms with Gasteiger partial charge in [-0.3, -0.25) is 10.00 Å². The molecule has 1 atom stereocenters. The number of halogens is 1. The summed E-state index contributed by atoms with van der Waals surface area (Å²) in [7, 11) is 1.64. The second kappa shape index (κ2) is 7.62. The number of methoxy groups -OCH3 is 1. The van der Waals surface area contributed by atoms with E-state index in [9.17, 15) is 0 Å². The van der Waals surface area contributed by atoms with Crippen molar-refractivity contribution in [3.63, 3.8) is 0 Å². The number of aryl methyl sites for hydroxylation is 1. The Morgan fingerprint density at radius 3 is 2.84 bits per heavy atom. The summed E-state index contributed by atoms with van der Waals surface area (Å²) in [6.07, 6.45) is 2.23. The van der Waals surface area contributed by atoms with Crippen molar-refractivity contribution in [1.82, 2.24) is 20.1 Å². The van der Waals surface area contributed by atoms with Crippen LogP contribution in [0.2, 0.25) is 5.02 Å². The summed E-state index contributed by atoms with van der Waals surface area (Å²) in [5.74, 6) is 3.13. The summed E-state index contributed by atoms with van der Waals surface area (Å²) in [5, 5.41) is 7.94. The Labute approximate surface area is 153 Å². The molecule has 0 radical (unpaired) electrons. The molecule has 0 aliphatic carbocycles. The maximum atomic E-state index is 6.30. The van der Waals surface area contributed by atoms with Gasteiger partial charge < -0.3 is 9.47 Å². The predicted molar refractivity (Wildman–Crippen MR) is 97.3 cm³/mol. The smallest absolute Gasteiger partial charge is 0.167 e. The molecule has 1 aromatic carbocycles. The van der Waals surface area contributed by atoms with E-state index in [0.717, 1.165) is 48.9 Å². The normalized spacial score (nSPS) is 18.1. The van der Waals surface area contributed by atoms with Crippen molar-refractivity contribution in [1.29, 1.82) is 0 Å². The van der Waals surface area contributed by atoms with Crippen molar-refractivity contribution in [3.8, 4) is 11.5 Å². The van der Waals surface area contributed by atoms with Gasteiger partial charge in [-0.2, -0.15) is 5.10 Å². The Balaban J connectivity index is 1.89. The molecule has 7 heteroatoms. The third-order valence-corrected chi connectivity index (χ3v) is 4.54. The summed E-state index contributed by atoms with van der Waals surface area (Å²) >= 11 is 6.30. The van der Waals surface area contributed by atoms with Crippen LogP contribution in [-0.4, -0.2) is 39.8 Å². The van der Waals surface area contributed by atoms with Crippen molar-refractivity contribution in [2.45, 2.75) is 52.3 Å². The lowest BCUT2D eigenvalue weighted by Crippen LogP contribution is -2.24. The van der Waals surface area contributed by atoms with Gasteiger partial charge >= 0.3 is 0 Å². The number of hydrogen-bond acceptors (Lipinski definition) is 5. The highest BCUT2D eigenvalue weighted by Crippen LogP contribution is 2.39. The summed E-state index contributed by atoms with van der Waals surface area (Å²) in [6, 6.07) is 3.96. The lowest BCUT2D eigenvalue weighted by Gasteiger charge is -2.25. The average molecular weight is 365 g/mol. The van der Waals surface area contributed by atoms with Crippen LogP contribution in [0.25, 0.3) is 0 Å². The fraction of sp³-hybridized carbons (Fsp3) is 0.556. The summed E-state index contributed by atoms with van der Waals surface area (Å²) in [5.41, 5.74) is 1.03. The molecule has 1 fully saturated rings. The minimum atomic E-state index is 0.0545. The van der Waals surface area contributed by atoms with Crippen molar-refractivity contribution in [3.05, 3.63) is 34.4 Å². The van der Waals surface area contributed by atoms with Gasteiger partial charge in [0.25, 0.3) is 0 Å². The molecule has 1 aliphatic rings. The molecule has 6 nitrogen and oxygen atoms in total. The first kappa shape index (κ1) is 18.0. The van der Waals surface area contributed by atoms with E-state index in [0.29, 0.717) is 10.8 Å². The molecule has 1 aromatic heterocycles. The highest BCUT2D eigenvalue weighted by Gasteiger charge is 2.30. The van der Waals surface area contributed by atoms with E-state index in [1.807, 2.05) is 26.8 Å². The SMILES string of the molecule is COc1cc(Cl)cc(CN2CCC[C@H]2c2n[nH]c(C)n2)c1OC(C)C. The van der Waals surface area contributed by atoms with Gasteiger partial charge in [0.05, 0.1) is 19.3 Å². The fourth-order valence-corrected chi connectivity index (χ4v) is 3.53. The predicted octanol–water partition coefficient (Wildman–Crippen LogP) is 3.90. The Bertz CT molecular complexity index is 732. The van der Waals surface area contributed by atoms with E-state index in [-0.39, 0.29) is 12.1 Å². The maximum absolute atomic E-state index is 6.30. The van der Waals surface area contributed by atoms with Crippen LogP contribution in [0.1, 0.15) is 49.9 Å². The molecule has 3 rings (SSSR count). The van der Waals surface area contributed by atoms with Gasteiger partial charge in [-0.15, -0.1) is 0 Å². The molecule has 1 aliphatic heterocycles. The quantitative estimate of drug-likeness (QED) is 0.842. The number of nitrogens with zero attached hydrogens (tertiary/aromatic N) is 3. The third kappa shape index (κ3) is 4.07. The zero-order chi connectivity index (χ0) is 18.0. The Morgan fingerprint density at radius 1 is 1.40 bits per heavy atom. The molecule has 25 heavy (non-hydrogen) atoms. The standard InChI is InChI=1S/C18H25ClN4O2/c1-11(2)25-17-13(8-14(19)9-16(17)24-4)10-23-7-5-6-15(23)18-20-12(3)21-22-18/h8-9,11,15H,5-7,10H2,1-4H3,(H,20,21,22)/t15-/m0/s1. The van der Waals surface area contributed by atoms with Crippen molar-refractivity contribution >= 4 is 11.6 Å². The zero-order valence-corrected chi connectivity index (χ0v) is 15.9. The highest BCUT2D eigenvalue weighted by molar-refractivity contribution is 6.30. The fourth-order valence-electron chi connectivity index (χ4n) is 3.30. The van der Waals surface area contributed by atoms with E-state index in [2.05, 4.69) is 20.1 Å². The summed E-state index contributed by atoms with van der Waals surface area (Å²) < 4.78 is 11.5. The molecular formula is C18H25ClN4O2. The zero-order valence-electron chi connectivity index (χ0n) is 15.2. The number of aromatic nitrogens is 3. The van der Waals surface area contributed by atoms with Crippen LogP contribution in [-0.2, 0) is 6.54 Å². The minimum Gasteiger partial charge on any atom is -0.493 e. The number of nitrogens with one attached hydrogen (secondary N) is 1. The first-order valence-electron chi connectivity index (χ1n) is 8.64. The molecule has 0 unspecified atom stereocenters. The molecule has 1 saturated heterocycles. The maximum Gasteiger partial charge on any atom is 0.167 e. The monoisotopic (exact) mass is 364 g/mol. The molecule has 2 heterocycles. The Morgan fingerprint density at radius 2 is 2.20 bits per heavy atom. The average Bonchev–Trinajstić information content (AvgIpc) is 3.17. The van der Waals surface area contributed by atoms with Crippen LogP contribution in [0.3, 0.4) is 0 Å². The molecule has 1 N–H and O–H groups in total. The van der Waals surface area contributed by atoms with E-state index >= 15 is 0 Å². The molecule has 136 valence electrons. The molecular weight excluding hydrogens is 340 g/mol. The van der Waals surface area contributed by atoms with Gasteiger partial charge in [0.15, 0.2) is 17.3 Å². The Hall–Kier alpha value is -1.79. The molecule has 2 aromatic rings. The number of likely N-dealkylation sites (tertiary alicyclic amines) is 1. The van der Waals surface area contributed by atoms with Gasteiger partial charge in [-0.1, -0.05) is 11.6 Å². The van der Waals surface area contributed by atoms with Crippen LogP contribution in [0, 0.1) is 6.92 Å². The first-order valence-corrected chi connectivity index (χ1v) is 9.01. The third-order valence-electron chi connectivity index (χ3n) is 4.32. The molecule has 0 saturated carbocycles. The van der Waals surface area contributed by atoms with E-state index < -0.39 is 0 Å². The largest absolute Gasteiger partial charge is 0.493 e. The lowest BCUT2D eigenvalue weighted by molar-refractivity contribution is 0.210. The summed E-state index contributed by atoms with van der Waals surface area (Å²) in [6.45, 7) is 7.65. The van der Waals surface area contributed by atoms with Gasteiger partial charge in [-0.25, -0.2) is 4.98 Å². The second-order valence-corrected chi connectivity index (χ2v) is 7.11. The van der Waals surface area contributed by atoms with Crippen LogP contribution in [0.5, 0.6) is 11.5 Å². The van der Waals surface area contributed by atoms with Crippen LogP contribution >= 0.6 is 11.6 Å². The first-order chi connectivity index (χ1) is 12.0. The number of rotatable bonds is 6. The van der Waals surface area contributed by atoms with Gasteiger partial charge in [0.2, 0.25) is 0 Å². The van der Waals surface area contributed by atoms with Gasteiger partial charge in [0, 0.05) is 23.2 Å². The Kier molecular flexibility index (Phi) is 5.49. The number of aromatic amines is 1. The second-order valence-electron chi connectivity index (χ2n) is 6.67. The van der Waals surface area contributed by atoms with Crippen molar-refractivity contribution in [2.24, 2.45) is 0 Å². The van der Waals surface area contributed by atoms with Crippen molar-refractivity contribution in [2.75, 3.05) is 13.7 Å². The van der Waals surface area contributed by atoms with Gasteiger partial charge in [0.1, 0.15) is 5.82 Å². The van der Waals surface area contributed by atoms with Crippen LogP contribution in [0.15, 0.2) is 12.1 Å². The molecule has 0 spiro atoms. The number of benzene rings is 1. The topological polar surface area (TPSA) is 63.3 Å². The number of hydrogen-bond donors (Lipinski definition) is 1. The van der Waals surface area contributed by atoms with E-state index in [4.69, 9.17) is 21.1 Å². The molecule has 0 bridgehead atoms. The van der Waals surface area contributed by atoms with E-state index in [1.54, 1.807) is 13.2 Å². The minimum absolute atomic E-state index is 0.0545. The number of H-pyrrole nitrogens is 1. The van der Waals surface area contributed by atoms with E-state index in [1.165, 1.54) is 0 Å². The van der Waals surface area contributed by atoms with Crippen LogP contribution in [0.4, 0.5) is 0 Å². The molecule has 0 amide bonds.